The fourth-order valence-electron chi connectivity index (χ4n) is 2.83. The Morgan fingerprint density at radius 1 is 1.65 bits per heavy atom. The highest BCUT2D eigenvalue weighted by atomic mass is 79.9. The van der Waals surface area contributed by atoms with Gasteiger partial charge >= 0.3 is 0 Å². The third-order valence-corrected chi connectivity index (χ3v) is 4.64. The van der Waals surface area contributed by atoms with E-state index in [0.717, 1.165) is 18.4 Å². The molecule has 0 aromatic carbocycles. The lowest BCUT2D eigenvalue weighted by atomic mass is 10.0. The number of anilines is 1. The first-order valence-electron chi connectivity index (χ1n) is 6.61. The largest absolute Gasteiger partial charge is 0.309 e. The van der Waals surface area contributed by atoms with E-state index in [2.05, 4.69) is 44.5 Å². The number of nitrogens with zero attached hydrogens (tertiary/aromatic N) is 2. The van der Waals surface area contributed by atoms with Gasteiger partial charge in [0, 0.05) is 11.6 Å². The fraction of sp³-hybridized carbons (Fsp3) is 0.500. The molecule has 2 N–H and O–H groups in total. The Labute approximate surface area is 125 Å². The molecule has 2 aliphatic rings. The number of nitrogens with one attached hydrogen (secondary N) is 2. The van der Waals surface area contributed by atoms with Gasteiger partial charge in [0.15, 0.2) is 0 Å². The molecule has 0 bridgehead atoms. The summed E-state index contributed by atoms with van der Waals surface area (Å²) < 4.78 is 0.642. The highest BCUT2D eigenvalue weighted by Crippen LogP contribution is 2.53. The van der Waals surface area contributed by atoms with Gasteiger partial charge in [0.2, 0.25) is 5.91 Å². The number of hydrogen-bond acceptors (Lipinski definition) is 4. The van der Waals surface area contributed by atoms with Gasteiger partial charge in [0.1, 0.15) is 10.4 Å². The number of halogens is 1. The zero-order valence-corrected chi connectivity index (χ0v) is 12.7. The number of piperidine rings is 1. The Hall–Kier alpha value is -1.45. The molecule has 2 heterocycles. The van der Waals surface area contributed by atoms with Crippen molar-refractivity contribution < 1.29 is 4.79 Å². The second kappa shape index (κ2) is 4.83. The van der Waals surface area contributed by atoms with E-state index in [1.807, 2.05) is 0 Å². The van der Waals surface area contributed by atoms with Gasteiger partial charge in [0.25, 0.3) is 0 Å². The summed E-state index contributed by atoms with van der Waals surface area (Å²) in [4.78, 5) is 16.5. The molecule has 1 aliphatic carbocycles. The molecule has 6 heteroatoms. The molecule has 0 radical (unpaired) electrons. The van der Waals surface area contributed by atoms with Crippen LogP contribution in [0.5, 0.6) is 0 Å². The number of hydrogen-bond donors (Lipinski definition) is 2. The molecule has 3 atom stereocenters. The van der Waals surface area contributed by atoms with E-state index in [4.69, 9.17) is 5.26 Å². The average molecular weight is 335 g/mol. The molecular weight excluding hydrogens is 320 g/mol. The summed E-state index contributed by atoms with van der Waals surface area (Å²) in [6.45, 7) is 2.20. The highest BCUT2D eigenvalue weighted by Gasteiger charge is 2.58. The van der Waals surface area contributed by atoms with Crippen molar-refractivity contribution in [2.75, 3.05) is 5.32 Å². The van der Waals surface area contributed by atoms with Gasteiger partial charge in [-0.3, -0.25) is 4.79 Å². The number of aromatic nitrogens is 1. The van der Waals surface area contributed by atoms with Gasteiger partial charge < -0.3 is 10.6 Å². The molecule has 1 saturated carbocycles. The van der Waals surface area contributed by atoms with Crippen LogP contribution < -0.4 is 10.6 Å². The summed E-state index contributed by atoms with van der Waals surface area (Å²) in [5.74, 6) is 0.404. The quantitative estimate of drug-likeness (QED) is 0.828. The normalized spacial score (nSPS) is 30.4. The smallest absolute Gasteiger partial charge is 0.242 e. The van der Waals surface area contributed by atoms with E-state index in [1.165, 1.54) is 0 Å². The van der Waals surface area contributed by atoms with Crippen LogP contribution in [-0.2, 0) is 11.2 Å². The molecule has 20 heavy (non-hydrogen) atoms. The third-order valence-electron chi connectivity index (χ3n) is 4.20. The lowest BCUT2D eigenvalue weighted by Crippen LogP contribution is -2.38. The standard InChI is InChI=1S/C14H15BrN4O/c1-14-6-9(17-10(14)7-14)13(20)19-12-8(4-5-16)2-3-11(15)18-12/h2-3,9-10,17H,4,6-7H2,1H3,(H,18,19,20). The van der Waals surface area contributed by atoms with E-state index in [1.54, 1.807) is 12.1 Å². The summed E-state index contributed by atoms with van der Waals surface area (Å²) in [5, 5.41) is 15.0. The lowest BCUT2D eigenvalue weighted by molar-refractivity contribution is -0.118. The SMILES string of the molecule is CC12CC(C(=O)Nc3nc(Br)ccc3CC#N)NC1C2. The van der Waals surface area contributed by atoms with E-state index in [9.17, 15) is 4.79 Å². The minimum absolute atomic E-state index is 0.0665. The molecule has 0 spiro atoms. The van der Waals surface area contributed by atoms with Gasteiger partial charge in [-0.1, -0.05) is 13.0 Å². The van der Waals surface area contributed by atoms with Crippen molar-refractivity contribution in [2.24, 2.45) is 5.41 Å². The number of rotatable bonds is 3. The summed E-state index contributed by atoms with van der Waals surface area (Å²) in [6, 6.07) is 5.98. The van der Waals surface area contributed by atoms with Crippen LogP contribution in [-0.4, -0.2) is 23.0 Å². The van der Waals surface area contributed by atoms with Gasteiger partial charge in [-0.15, -0.1) is 0 Å². The maximum Gasteiger partial charge on any atom is 0.242 e. The monoisotopic (exact) mass is 334 g/mol. The maximum absolute atomic E-state index is 12.3. The number of nitriles is 1. The maximum atomic E-state index is 12.3. The van der Waals surface area contributed by atoms with E-state index >= 15 is 0 Å². The van der Waals surface area contributed by atoms with Crippen LogP contribution >= 0.6 is 15.9 Å². The Balaban J connectivity index is 1.73. The number of amides is 1. The molecule has 1 aromatic heterocycles. The minimum Gasteiger partial charge on any atom is -0.309 e. The molecule has 3 rings (SSSR count). The Bertz CT molecular complexity index is 612. The van der Waals surface area contributed by atoms with Crippen molar-refractivity contribution >= 4 is 27.7 Å². The molecule has 3 unspecified atom stereocenters. The topological polar surface area (TPSA) is 77.8 Å². The third kappa shape index (κ3) is 2.43. The minimum atomic E-state index is -0.158. The summed E-state index contributed by atoms with van der Waals surface area (Å²) in [6.07, 6.45) is 2.25. The number of carbonyl (C=O) groups is 1. The first-order valence-corrected chi connectivity index (χ1v) is 7.40. The van der Waals surface area contributed by atoms with Gasteiger partial charge in [-0.05, 0) is 40.3 Å². The van der Waals surface area contributed by atoms with Crippen molar-refractivity contribution in [2.45, 2.75) is 38.3 Å². The van der Waals surface area contributed by atoms with Crippen molar-refractivity contribution in [3.63, 3.8) is 0 Å². The van der Waals surface area contributed by atoms with Crippen LogP contribution in [0.25, 0.3) is 0 Å². The molecule has 1 saturated heterocycles. The van der Waals surface area contributed by atoms with Crippen LogP contribution in [0.2, 0.25) is 0 Å². The summed E-state index contributed by atoms with van der Waals surface area (Å²) >= 11 is 3.29. The first kappa shape index (κ1) is 13.5. The Morgan fingerprint density at radius 3 is 3.10 bits per heavy atom. The van der Waals surface area contributed by atoms with E-state index in [0.29, 0.717) is 21.9 Å². The predicted molar refractivity (Wildman–Crippen MR) is 77.9 cm³/mol. The Morgan fingerprint density at radius 2 is 2.45 bits per heavy atom. The molecule has 104 valence electrons. The molecule has 1 aliphatic heterocycles. The number of pyridine rings is 1. The summed E-state index contributed by atoms with van der Waals surface area (Å²) in [7, 11) is 0. The van der Waals surface area contributed by atoms with Gasteiger partial charge in [-0.25, -0.2) is 4.98 Å². The van der Waals surface area contributed by atoms with Gasteiger partial charge in [-0.2, -0.15) is 5.26 Å². The fourth-order valence-corrected chi connectivity index (χ4v) is 3.14. The average Bonchev–Trinajstić information content (AvgIpc) is 2.91. The zero-order valence-electron chi connectivity index (χ0n) is 11.1. The van der Waals surface area contributed by atoms with Crippen LogP contribution in [0.3, 0.4) is 0 Å². The van der Waals surface area contributed by atoms with Crippen LogP contribution in [0.15, 0.2) is 16.7 Å². The van der Waals surface area contributed by atoms with E-state index < -0.39 is 0 Å². The predicted octanol–water partition coefficient (Wildman–Crippen LogP) is 1.99. The Kier molecular flexibility index (Phi) is 3.27. The van der Waals surface area contributed by atoms with Crippen molar-refractivity contribution in [3.8, 4) is 6.07 Å². The molecular formula is C14H15BrN4O. The zero-order chi connectivity index (χ0) is 14.3. The van der Waals surface area contributed by atoms with Crippen LogP contribution in [0, 0.1) is 16.7 Å². The van der Waals surface area contributed by atoms with Crippen LogP contribution in [0.4, 0.5) is 5.82 Å². The van der Waals surface area contributed by atoms with Crippen molar-refractivity contribution in [3.05, 3.63) is 22.3 Å². The highest BCUT2D eigenvalue weighted by molar-refractivity contribution is 9.10. The van der Waals surface area contributed by atoms with E-state index in [-0.39, 0.29) is 18.4 Å². The second-order valence-corrected chi connectivity index (χ2v) is 6.61. The molecule has 1 aromatic rings. The van der Waals surface area contributed by atoms with Gasteiger partial charge in [0.05, 0.1) is 18.5 Å². The number of fused-ring (bicyclic) bond motifs is 1. The number of carbonyl (C=O) groups excluding carboxylic acids is 1. The van der Waals surface area contributed by atoms with Crippen LogP contribution in [0.1, 0.15) is 25.3 Å². The first-order chi connectivity index (χ1) is 9.51. The summed E-state index contributed by atoms with van der Waals surface area (Å²) in [5.41, 5.74) is 1.03. The molecule has 2 fully saturated rings. The molecule has 1 amide bonds. The second-order valence-electron chi connectivity index (χ2n) is 5.80. The molecule has 5 nitrogen and oxygen atoms in total. The van der Waals surface area contributed by atoms with Crippen molar-refractivity contribution in [1.29, 1.82) is 5.26 Å². The van der Waals surface area contributed by atoms with Crippen molar-refractivity contribution in [1.82, 2.24) is 10.3 Å². The lowest BCUT2D eigenvalue weighted by Gasteiger charge is -2.15.